The molecule has 0 bridgehead atoms. The predicted molar refractivity (Wildman–Crippen MR) is 75.7 cm³/mol. The minimum Gasteiger partial charge on any atom is -0.352 e. The zero-order valence-electron chi connectivity index (χ0n) is 11.3. The quantitative estimate of drug-likeness (QED) is 0.883. The first-order valence-corrected chi connectivity index (χ1v) is 7.40. The van der Waals surface area contributed by atoms with Crippen LogP contribution in [0.2, 0.25) is 0 Å². The van der Waals surface area contributed by atoms with Crippen LogP contribution in [0.4, 0.5) is 0 Å². The monoisotopic (exact) mass is 258 g/mol. The van der Waals surface area contributed by atoms with Gasteiger partial charge in [0.1, 0.15) is 0 Å². The number of benzene rings is 1. The van der Waals surface area contributed by atoms with Gasteiger partial charge < -0.3 is 5.32 Å². The largest absolute Gasteiger partial charge is 0.352 e. The molecule has 0 radical (unpaired) electrons. The zero-order chi connectivity index (χ0) is 13.1. The van der Waals surface area contributed by atoms with E-state index < -0.39 is 0 Å². The molecule has 1 amide bonds. The molecule has 2 heterocycles. The molecule has 0 saturated carbocycles. The maximum Gasteiger partial charge on any atom is 0.220 e. The van der Waals surface area contributed by atoms with Crippen LogP contribution in [0, 0.1) is 0 Å². The Kier molecular flexibility index (Phi) is 3.83. The van der Waals surface area contributed by atoms with Gasteiger partial charge >= 0.3 is 0 Å². The number of fused-ring (bicyclic) bond motifs is 1. The van der Waals surface area contributed by atoms with Crippen LogP contribution in [0.3, 0.4) is 0 Å². The molecule has 3 heteroatoms. The zero-order valence-corrected chi connectivity index (χ0v) is 11.3. The van der Waals surface area contributed by atoms with E-state index in [1.165, 1.54) is 18.4 Å². The first kappa shape index (κ1) is 12.7. The SMILES string of the molecule is O=C1CCCC[C@H]2[C@H](CCN2Cc2ccccc2)N1. The molecule has 0 aromatic heterocycles. The number of hydrogen-bond acceptors (Lipinski definition) is 2. The second-order valence-corrected chi connectivity index (χ2v) is 5.73. The van der Waals surface area contributed by atoms with Crippen LogP contribution in [-0.2, 0) is 11.3 Å². The van der Waals surface area contributed by atoms with E-state index in [1.54, 1.807) is 0 Å². The number of nitrogens with zero attached hydrogens (tertiary/aromatic N) is 1. The van der Waals surface area contributed by atoms with Crippen molar-refractivity contribution in [2.45, 2.75) is 50.7 Å². The van der Waals surface area contributed by atoms with Gasteiger partial charge in [0, 0.05) is 31.6 Å². The summed E-state index contributed by atoms with van der Waals surface area (Å²) in [4.78, 5) is 14.3. The molecule has 2 aliphatic heterocycles. The van der Waals surface area contributed by atoms with E-state index >= 15 is 0 Å². The standard InChI is InChI=1S/C16H22N2O/c19-16-9-5-4-8-15-14(17-16)10-11-18(15)12-13-6-2-1-3-7-13/h1-3,6-7,14-15H,4-5,8-12H2,(H,17,19)/t14-,15-/m0/s1. The van der Waals surface area contributed by atoms with Crippen LogP contribution in [-0.4, -0.2) is 29.4 Å². The van der Waals surface area contributed by atoms with Crippen molar-refractivity contribution < 1.29 is 4.79 Å². The van der Waals surface area contributed by atoms with E-state index in [0.29, 0.717) is 18.5 Å². The van der Waals surface area contributed by atoms with Gasteiger partial charge in [0.25, 0.3) is 0 Å². The fourth-order valence-electron chi connectivity index (χ4n) is 3.40. The average Bonchev–Trinajstić information content (AvgIpc) is 2.75. The van der Waals surface area contributed by atoms with Gasteiger partial charge in [-0.2, -0.15) is 0 Å². The Hall–Kier alpha value is -1.35. The van der Waals surface area contributed by atoms with Gasteiger partial charge in [0.05, 0.1) is 0 Å². The molecule has 2 aliphatic rings. The predicted octanol–water partition coefficient (Wildman–Crippen LogP) is 2.32. The Balaban J connectivity index is 1.68. The van der Waals surface area contributed by atoms with E-state index in [0.717, 1.165) is 25.9 Å². The topological polar surface area (TPSA) is 32.3 Å². The number of rotatable bonds is 2. The van der Waals surface area contributed by atoms with Gasteiger partial charge in [-0.15, -0.1) is 0 Å². The molecule has 0 aliphatic carbocycles. The lowest BCUT2D eigenvalue weighted by Gasteiger charge is -2.30. The molecule has 3 nitrogen and oxygen atoms in total. The van der Waals surface area contributed by atoms with Crippen LogP contribution in [0.15, 0.2) is 30.3 Å². The average molecular weight is 258 g/mol. The van der Waals surface area contributed by atoms with Gasteiger partial charge in [-0.05, 0) is 24.8 Å². The number of carbonyl (C=O) groups excluding carboxylic acids is 1. The Morgan fingerprint density at radius 3 is 2.84 bits per heavy atom. The van der Waals surface area contributed by atoms with Gasteiger partial charge in [0.15, 0.2) is 0 Å². The van der Waals surface area contributed by atoms with Crippen molar-refractivity contribution in [3.8, 4) is 0 Å². The highest BCUT2D eigenvalue weighted by Crippen LogP contribution is 2.26. The molecule has 19 heavy (non-hydrogen) atoms. The fourth-order valence-corrected chi connectivity index (χ4v) is 3.40. The van der Waals surface area contributed by atoms with E-state index in [2.05, 4.69) is 40.5 Å². The van der Waals surface area contributed by atoms with Crippen molar-refractivity contribution in [1.82, 2.24) is 10.2 Å². The highest BCUT2D eigenvalue weighted by Gasteiger charge is 2.35. The van der Waals surface area contributed by atoms with Gasteiger partial charge in [0.2, 0.25) is 5.91 Å². The van der Waals surface area contributed by atoms with E-state index in [9.17, 15) is 4.79 Å². The first-order valence-electron chi connectivity index (χ1n) is 7.40. The van der Waals surface area contributed by atoms with Crippen LogP contribution in [0.1, 0.15) is 37.7 Å². The third kappa shape index (κ3) is 2.98. The molecule has 0 spiro atoms. The maximum atomic E-state index is 11.7. The van der Waals surface area contributed by atoms with Crippen molar-refractivity contribution in [3.63, 3.8) is 0 Å². The number of amides is 1. The second kappa shape index (κ2) is 5.74. The van der Waals surface area contributed by atoms with Crippen LogP contribution in [0.5, 0.6) is 0 Å². The summed E-state index contributed by atoms with van der Waals surface area (Å²) in [6.07, 6.45) is 5.25. The number of carbonyl (C=O) groups is 1. The lowest BCUT2D eigenvalue weighted by molar-refractivity contribution is -0.122. The van der Waals surface area contributed by atoms with Crippen molar-refractivity contribution in [1.29, 1.82) is 0 Å². The number of nitrogens with one attached hydrogen (secondary N) is 1. The van der Waals surface area contributed by atoms with Gasteiger partial charge in [-0.3, -0.25) is 9.69 Å². The Morgan fingerprint density at radius 2 is 2.00 bits per heavy atom. The summed E-state index contributed by atoms with van der Waals surface area (Å²) in [7, 11) is 0. The Labute approximate surface area is 115 Å². The van der Waals surface area contributed by atoms with Crippen molar-refractivity contribution in [3.05, 3.63) is 35.9 Å². The maximum absolute atomic E-state index is 11.7. The second-order valence-electron chi connectivity index (χ2n) is 5.73. The summed E-state index contributed by atoms with van der Waals surface area (Å²) < 4.78 is 0. The molecule has 102 valence electrons. The van der Waals surface area contributed by atoms with Crippen LogP contribution in [0.25, 0.3) is 0 Å². The summed E-state index contributed by atoms with van der Waals surface area (Å²) in [5, 5.41) is 3.22. The fraction of sp³-hybridized carbons (Fsp3) is 0.562. The lowest BCUT2D eigenvalue weighted by Crippen LogP contribution is -2.45. The van der Waals surface area contributed by atoms with Crippen molar-refractivity contribution in [2.75, 3.05) is 6.54 Å². The van der Waals surface area contributed by atoms with Crippen LogP contribution >= 0.6 is 0 Å². The van der Waals surface area contributed by atoms with E-state index in [-0.39, 0.29) is 5.91 Å². The summed E-state index contributed by atoms with van der Waals surface area (Å²) >= 11 is 0. The normalized spacial score (nSPS) is 28.3. The highest BCUT2D eigenvalue weighted by atomic mass is 16.1. The highest BCUT2D eigenvalue weighted by molar-refractivity contribution is 5.76. The Morgan fingerprint density at radius 1 is 1.16 bits per heavy atom. The molecular weight excluding hydrogens is 236 g/mol. The minimum absolute atomic E-state index is 0.247. The molecule has 1 N–H and O–H groups in total. The van der Waals surface area contributed by atoms with Crippen LogP contribution < -0.4 is 5.32 Å². The third-order valence-electron chi connectivity index (χ3n) is 4.39. The minimum atomic E-state index is 0.247. The Bertz CT molecular complexity index is 432. The van der Waals surface area contributed by atoms with Crippen molar-refractivity contribution >= 4 is 5.91 Å². The number of hydrogen-bond donors (Lipinski definition) is 1. The van der Waals surface area contributed by atoms with Gasteiger partial charge in [-0.25, -0.2) is 0 Å². The van der Waals surface area contributed by atoms with E-state index in [1.807, 2.05) is 0 Å². The summed E-state index contributed by atoms with van der Waals surface area (Å²) in [5.74, 6) is 0.247. The molecule has 2 saturated heterocycles. The summed E-state index contributed by atoms with van der Waals surface area (Å²) in [6, 6.07) is 11.5. The smallest absolute Gasteiger partial charge is 0.220 e. The lowest BCUT2D eigenvalue weighted by atomic mass is 9.98. The summed E-state index contributed by atoms with van der Waals surface area (Å²) in [5.41, 5.74) is 1.37. The van der Waals surface area contributed by atoms with Gasteiger partial charge in [-0.1, -0.05) is 36.8 Å². The van der Waals surface area contributed by atoms with Crippen molar-refractivity contribution in [2.24, 2.45) is 0 Å². The first-order chi connectivity index (χ1) is 9.33. The molecule has 3 rings (SSSR count). The van der Waals surface area contributed by atoms with E-state index in [4.69, 9.17) is 0 Å². The molecular formula is C16H22N2O. The molecule has 1 aromatic rings. The third-order valence-corrected chi connectivity index (χ3v) is 4.39. The molecule has 2 atom stereocenters. The molecule has 2 fully saturated rings. The molecule has 1 aromatic carbocycles. The number of likely N-dealkylation sites (tertiary alicyclic amines) is 1. The molecule has 0 unspecified atom stereocenters. The summed E-state index contributed by atoms with van der Waals surface area (Å²) in [6.45, 7) is 2.11.